The third-order valence-corrected chi connectivity index (χ3v) is 6.77. The summed E-state index contributed by atoms with van der Waals surface area (Å²) in [5, 5.41) is 9.60. The summed E-state index contributed by atoms with van der Waals surface area (Å²) in [5.41, 5.74) is 10.8. The first kappa shape index (κ1) is 21.3. The highest BCUT2D eigenvalue weighted by atomic mass is 31.3. The number of aliphatic hydroxyl groups excluding tert-OH is 1. The standard InChI is InChI=1S/C6H17N2O12P3/c1-16-21(10,11)19-23(14,15)20-22(12,13)17-2-3-5(9)4(7)6(8)18-3/h3-6,9H,2,7-8H2,1H3,(H,10,11)(H,12,13)(H,14,15)/t3-,4+,5?,6-/m1/s1. The molecule has 1 fully saturated rings. The van der Waals surface area contributed by atoms with Gasteiger partial charge in [-0.3, -0.25) is 9.05 Å². The predicted molar refractivity (Wildman–Crippen MR) is 71.4 cm³/mol. The normalized spacial score (nSPS) is 36.1. The Morgan fingerprint density at radius 2 is 1.57 bits per heavy atom. The zero-order valence-corrected chi connectivity index (χ0v) is 14.3. The first-order valence-corrected chi connectivity index (χ1v) is 10.2. The van der Waals surface area contributed by atoms with Gasteiger partial charge in [0, 0.05) is 7.11 Å². The summed E-state index contributed by atoms with van der Waals surface area (Å²) in [6, 6.07) is -0.975. The molecular formula is C6H17N2O12P3. The van der Waals surface area contributed by atoms with Gasteiger partial charge in [0.15, 0.2) is 0 Å². The van der Waals surface area contributed by atoms with Gasteiger partial charge in [-0.1, -0.05) is 0 Å². The summed E-state index contributed by atoms with van der Waals surface area (Å²) in [5.74, 6) is 0. The zero-order valence-electron chi connectivity index (χ0n) is 11.6. The molecule has 0 saturated carbocycles. The molecule has 0 aromatic rings. The van der Waals surface area contributed by atoms with E-state index in [1.54, 1.807) is 0 Å². The summed E-state index contributed by atoms with van der Waals surface area (Å²) in [4.78, 5) is 27.3. The summed E-state index contributed by atoms with van der Waals surface area (Å²) in [6.07, 6.45) is -3.58. The number of rotatable bonds is 8. The van der Waals surface area contributed by atoms with E-state index in [0.717, 1.165) is 0 Å². The molecule has 0 bridgehead atoms. The third kappa shape index (κ3) is 6.58. The van der Waals surface area contributed by atoms with E-state index >= 15 is 0 Å². The second-order valence-electron chi connectivity index (χ2n) is 4.25. The summed E-state index contributed by atoms with van der Waals surface area (Å²) >= 11 is 0. The van der Waals surface area contributed by atoms with Gasteiger partial charge in [0.2, 0.25) is 0 Å². The minimum Gasteiger partial charge on any atom is -0.389 e. The lowest BCUT2D eigenvalue weighted by Gasteiger charge is -2.19. The molecular weight excluding hydrogens is 385 g/mol. The van der Waals surface area contributed by atoms with Crippen molar-refractivity contribution in [3.05, 3.63) is 0 Å². The monoisotopic (exact) mass is 402 g/mol. The summed E-state index contributed by atoms with van der Waals surface area (Å²) < 4.78 is 54.4. The van der Waals surface area contributed by atoms with E-state index in [-0.39, 0.29) is 0 Å². The number of hydrogen-bond donors (Lipinski definition) is 6. The van der Waals surface area contributed by atoms with E-state index in [1.165, 1.54) is 0 Å². The lowest BCUT2D eigenvalue weighted by molar-refractivity contribution is -0.0196. The van der Waals surface area contributed by atoms with Crippen molar-refractivity contribution in [2.24, 2.45) is 11.5 Å². The number of nitrogens with two attached hydrogens (primary N) is 2. The first-order chi connectivity index (χ1) is 10.3. The summed E-state index contributed by atoms with van der Waals surface area (Å²) in [7, 11) is -15.0. The molecule has 23 heavy (non-hydrogen) atoms. The smallest absolute Gasteiger partial charge is 0.389 e. The lowest BCUT2D eigenvalue weighted by Crippen LogP contribution is -2.44. The van der Waals surface area contributed by atoms with Gasteiger partial charge in [-0.25, -0.2) is 13.7 Å². The number of aliphatic hydroxyl groups is 1. The molecule has 8 N–H and O–H groups in total. The molecule has 1 rings (SSSR count). The van der Waals surface area contributed by atoms with Crippen LogP contribution >= 0.6 is 23.5 Å². The average molecular weight is 402 g/mol. The second kappa shape index (κ2) is 7.65. The Morgan fingerprint density at radius 1 is 1.04 bits per heavy atom. The number of phosphoric ester groups is 2. The van der Waals surface area contributed by atoms with Crippen molar-refractivity contribution >= 4 is 23.5 Å². The molecule has 0 aliphatic carbocycles. The molecule has 0 radical (unpaired) electrons. The third-order valence-electron chi connectivity index (χ3n) is 2.53. The van der Waals surface area contributed by atoms with Crippen molar-refractivity contribution < 1.29 is 55.9 Å². The number of hydrogen-bond acceptors (Lipinski definition) is 11. The van der Waals surface area contributed by atoms with Gasteiger partial charge in [0.05, 0.1) is 12.6 Å². The highest BCUT2D eigenvalue weighted by Crippen LogP contribution is 2.67. The van der Waals surface area contributed by atoms with Crippen molar-refractivity contribution in [2.75, 3.05) is 13.7 Å². The van der Waals surface area contributed by atoms with Gasteiger partial charge in [-0.15, -0.1) is 0 Å². The Kier molecular flexibility index (Phi) is 7.08. The van der Waals surface area contributed by atoms with E-state index in [4.69, 9.17) is 26.0 Å². The average Bonchev–Trinajstić information content (AvgIpc) is 2.61. The maximum Gasteiger partial charge on any atom is 0.490 e. The van der Waals surface area contributed by atoms with Crippen LogP contribution in [-0.4, -0.2) is 58.0 Å². The van der Waals surface area contributed by atoms with Crippen LogP contribution in [0.4, 0.5) is 0 Å². The van der Waals surface area contributed by atoms with E-state index in [2.05, 4.69) is 17.7 Å². The van der Waals surface area contributed by atoms with Crippen LogP contribution in [-0.2, 0) is 36.1 Å². The zero-order chi connectivity index (χ0) is 18.1. The minimum absolute atomic E-state index is 0.682. The summed E-state index contributed by atoms with van der Waals surface area (Å²) in [6.45, 7) is -0.780. The van der Waals surface area contributed by atoms with E-state index in [9.17, 15) is 23.7 Å². The Balaban J connectivity index is 2.61. The second-order valence-corrected chi connectivity index (χ2v) is 9.00. The van der Waals surface area contributed by atoms with Crippen LogP contribution in [0.1, 0.15) is 0 Å². The SMILES string of the molecule is COP(=O)(O)OP(=O)(O)OP(=O)(O)OC[C@H]1O[C@@H](N)[C@@H](N)C1O. The molecule has 1 saturated heterocycles. The molecule has 7 atom stereocenters. The number of phosphoric acid groups is 3. The molecule has 14 nitrogen and oxygen atoms in total. The van der Waals surface area contributed by atoms with E-state index in [1.807, 2.05) is 0 Å². The Hall–Kier alpha value is 0.250. The molecule has 1 aliphatic rings. The van der Waals surface area contributed by atoms with Crippen LogP contribution in [0.15, 0.2) is 0 Å². The van der Waals surface area contributed by atoms with Gasteiger partial charge in [0.1, 0.15) is 18.4 Å². The maximum absolute atomic E-state index is 11.5. The predicted octanol–water partition coefficient (Wildman–Crippen LogP) is -1.64. The van der Waals surface area contributed by atoms with Gasteiger partial charge in [-0.2, -0.15) is 8.62 Å². The Morgan fingerprint density at radius 3 is 2.00 bits per heavy atom. The maximum atomic E-state index is 11.5. The van der Waals surface area contributed by atoms with Crippen molar-refractivity contribution in [3.8, 4) is 0 Å². The number of ether oxygens (including phenoxy) is 1. The van der Waals surface area contributed by atoms with E-state index in [0.29, 0.717) is 7.11 Å². The fourth-order valence-electron chi connectivity index (χ4n) is 1.45. The lowest BCUT2D eigenvalue weighted by atomic mass is 10.1. The van der Waals surface area contributed by atoms with Crippen LogP contribution < -0.4 is 11.5 Å². The molecule has 17 heteroatoms. The topological polar surface area (TPSA) is 230 Å². The highest BCUT2D eigenvalue weighted by Gasteiger charge is 2.44. The first-order valence-electron chi connectivity index (χ1n) is 5.74. The Bertz CT molecular complexity index is 557. The highest BCUT2D eigenvalue weighted by molar-refractivity contribution is 7.66. The van der Waals surface area contributed by atoms with E-state index < -0.39 is 54.6 Å². The molecule has 0 amide bonds. The van der Waals surface area contributed by atoms with Crippen LogP contribution in [0.25, 0.3) is 0 Å². The van der Waals surface area contributed by atoms with Crippen LogP contribution in [0.5, 0.6) is 0 Å². The van der Waals surface area contributed by atoms with Crippen molar-refractivity contribution in [1.82, 2.24) is 0 Å². The van der Waals surface area contributed by atoms with Gasteiger partial charge >= 0.3 is 23.5 Å². The largest absolute Gasteiger partial charge is 0.490 e. The molecule has 138 valence electrons. The van der Waals surface area contributed by atoms with Gasteiger partial charge in [0.25, 0.3) is 0 Å². The van der Waals surface area contributed by atoms with Crippen LogP contribution in [0, 0.1) is 0 Å². The molecule has 4 unspecified atom stereocenters. The van der Waals surface area contributed by atoms with Crippen LogP contribution in [0.2, 0.25) is 0 Å². The molecule has 0 aromatic carbocycles. The fraction of sp³-hybridized carbons (Fsp3) is 1.00. The van der Waals surface area contributed by atoms with Crippen molar-refractivity contribution in [3.63, 3.8) is 0 Å². The van der Waals surface area contributed by atoms with Crippen molar-refractivity contribution in [1.29, 1.82) is 0 Å². The minimum atomic E-state index is -5.48. The molecule has 0 aromatic heterocycles. The Labute approximate surface area is 130 Å². The molecule has 0 spiro atoms. The van der Waals surface area contributed by atoms with Gasteiger partial charge < -0.3 is 36.0 Å². The van der Waals surface area contributed by atoms with Gasteiger partial charge in [-0.05, 0) is 0 Å². The fourth-order valence-corrected chi connectivity index (χ4v) is 4.72. The van der Waals surface area contributed by atoms with Crippen LogP contribution in [0.3, 0.4) is 0 Å². The molecule has 1 aliphatic heterocycles. The quantitative estimate of drug-likeness (QED) is 0.250. The van der Waals surface area contributed by atoms with Crippen molar-refractivity contribution in [2.45, 2.75) is 24.5 Å². The molecule has 1 heterocycles.